The summed E-state index contributed by atoms with van der Waals surface area (Å²) in [6, 6.07) is 11.5. The maximum Gasteiger partial charge on any atom is 0.279 e. The number of hydrogen-bond acceptors (Lipinski definition) is 4. The topological polar surface area (TPSA) is 82.0 Å². The van der Waals surface area contributed by atoms with Crippen LogP contribution in [0.5, 0.6) is 0 Å². The van der Waals surface area contributed by atoms with Crippen LogP contribution < -0.4 is 10.6 Å². The maximum atomic E-state index is 12.9. The molecule has 0 atom stereocenters. The molecule has 3 aromatic rings. The molecule has 0 fully saturated rings. The number of carbonyl (C=O) groups is 1. The average Bonchev–Trinajstić information content (AvgIpc) is 3.07. The van der Waals surface area contributed by atoms with Crippen LogP contribution in [-0.2, 0) is 7.05 Å². The van der Waals surface area contributed by atoms with Gasteiger partial charge >= 0.3 is 0 Å². The Bertz CT molecular complexity index is 893. The van der Waals surface area contributed by atoms with Gasteiger partial charge in [0.25, 0.3) is 5.91 Å². The van der Waals surface area contributed by atoms with E-state index in [-0.39, 0.29) is 5.91 Å². The summed E-state index contributed by atoms with van der Waals surface area (Å²) in [5.41, 5.74) is 9.14. The van der Waals surface area contributed by atoms with Crippen LogP contribution in [0.3, 0.4) is 0 Å². The standard InChI is InChI=1S/C17H20N6O/c1-11-10-14(23(19-11)13-8-6-5-7-9-13)21(3)17(24)16-15(18)12(2)20-22(16)4/h5-10H,18H2,1-4H3. The number of nitrogen functional groups attached to an aromatic ring is 1. The van der Waals surface area contributed by atoms with Crippen LogP contribution >= 0.6 is 0 Å². The van der Waals surface area contributed by atoms with Crippen molar-refractivity contribution in [1.29, 1.82) is 0 Å². The lowest BCUT2D eigenvalue weighted by Crippen LogP contribution is -2.30. The van der Waals surface area contributed by atoms with E-state index >= 15 is 0 Å². The number of carbonyl (C=O) groups excluding carboxylic acids is 1. The molecule has 1 amide bonds. The molecule has 7 nitrogen and oxygen atoms in total. The summed E-state index contributed by atoms with van der Waals surface area (Å²) in [7, 11) is 3.42. The molecule has 2 heterocycles. The fourth-order valence-electron chi connectivity index (χ4n) is 2.67. The fraction of sp³-hybridized carbons (Fsp3) is 0.235. The number of hydrogen-bond donors (Lipinski definition) is 1. The van der Waals surface area contributed by atoms with Gasteiger partial charge < -0.3 is 5.73 Å². The molecule has 2 aromatic heterocycles. The number of nitrogens with zero attached hydrogens (tertiary/aromatic N) is 5. The van der Waals surface area contributed by atoms with E-state index in [1.165, 1.54) is 4.68 Å². The molecule has 0 unspecified atom stereocenters. The van der Waals surface area contributed by atoms with Crippen molar-refractivity contribution in [2.75, 3.05) is 17.7 Å². The third kappa shape index (κ3) is 2.54. The SMILES string of the molecule is Cc1cc(N(C)C(=O)c2c(N)c(C)nn2C)n(-c2ccccc2)n1. The largest absolute Gasteiger partial charge is 0.395 e. The van der Waals surface area contributed by atoms with Gasteiger partial charge in [-0.25, -0.2) is 4.68 Å². The third-order valence-corrected chi connectivity index (χ3v) is 3.93. The lowest BCUT2D eigenvalue weighted by atomic mass is 10.2. The van der Waals surface area contributed by atoms with Crippen LogP contribution in [0.1, 0.15) is 21.9 Å². The second-order valence-corrected chi connectivity index (χ2v) is 5.73. The van der Waals surface area contributed by atoms with Crippen LogP contribution in [0.25, 0.3) is 5.69 Å². The van der Waals surface area contributed by atoms with Crippen molar-refractivity contribution in [2.24, 2.45) is 7.05 Å². The third-order valence-electron chi connectivity index (χ3n) is 3.93. The number of benzene rings is 1. The number of aryl methyl sites for hydroxylation is 3. The van der Waals surface area contributed by atoms with Crippen LogP contribution in [0.2, 0.25) is 0 Å². The molecule has 1 aromatic carbocycles. The minimum Gasteiger partial charge on any atom is -0.395 e. The zero-order chi connectivity index (χ0) is 17.4. The highest BCUT2D eigenvalue weighted by molar-refractivity contribution is 6.07. The van der Waals surface area contributed by atoms with Crippen molar-refractivity contribution >= 4 is 17.4 Å². The van der Waals surface area contributed by atoms with Crippen molar-refractivity contribution in [1.82, 2.24) is 19.6 Å². The molecule has 2 N–H and O–H groups in total. The molecule has 0 radical (unpaired) electrons. The number of aromatic nitrogens is 4. The van der Waals surface area contributed by atoms with Crippen LogP contribution in [-0.4, -0.2) is 32.5 Å². The van der Waals surface area contributed by atoms with E-state index in [9.17, 15) is 4.79 Å². The molecular formula is C17H20N6O. The average molecular weight is 324 g/mol. The Balaban J connectivity index is 2.05. The van der Waals surface area contributed by atoms with Crippen LogP contribution in [0.15, 0.2) is 36.4 Å². The monoisotopic (exact) mass is 324 g/mol. The maximum absolute atomic E-state index is 12.9. The van der Waals surface area contributed by atoms with Crippen molar-refractivity contribution in [2.45, 2.75) is 13.8 Å². The number of para-hydroxylation sites is 1. The van der Waals surface area contributed by atoms with E-state index < -0.39 is 0 Å². The van der Waals surface area contributed by atoms with E-state index in [2.05, 4.69) is 10.2 Å². The quantitative estimate of drug-likeness (QED) is 0.799. The molecule has 0 bridgehead atoms. The Kier molecular flexibility index (Phi) is 3.84. The number of anilines is 2. The van der Waals surface area contributed by atoms with Crippen LogP contribution in [0.4, 0.5) is 11.5 Å². The predicted octanol–water partition coefficient (Wildman–Crippen LogP) is 2.08. The second-order valence-electron chi connectivity index (χ2n) is 5.73. The lowest BCUT2D eigenvalue weighted by Gasteiger charge is -2.19. The molecule has 0 saturated carbocycles. The Labute approximate surface area is 140 Å². The highest BCUT2D eigenvalue weighted by atomic mass is 16.2. The second kappa shape index (κ2) is 5.84. The first-order valence-corrected chi connectivity index (χ1v) is 7.59. The summed E-state index contributed by atoms with van der Waals surface area (Å²) in [4.78, 5) is 14.5. The zero-order valence-corrected chi connectivity index (χ0v) is 14.2. The molecule has 0 spiro atoms. The predicted molar refractivity (Wildman–Crippen MR) is 93.4 cm³/mol. The number of nitrogens with two attached hydrogens (primary N) is 1. The molecule has 124 valence electrons. The normalized spacial score (nSPS) is 10.8. The summed E-state index contributed by atoms with van der Waals surface area (Å²) in [6.07, 6.45) is 0. The Hall–Kier alpha value is -3.09. The Morgan fingerprint density at radius 3 is 2.42 bits per heavy atom. The van der Waals surface area contributed by atoms with Crippen LogP contribution in [0, 0.1) is 13.8 Å². The smallest absolute Gasteiger partial charge is 0.279 e. The van der Waals surface area contributed by atoms with Gasteiger partial charge in [0.1, 0.15) is 11.5 Å². The highest BCUT2D eigenvalue weighted by Gasteiger charge is 2.25. The molecule has 0 aliphatic heterocycles. The summed E-state index contributed by atoms with van der Waals surface area (Å²) in [5.74, 6) is 0.439. The fourth-order valence-corrected chi connectivity index (χ4v) is 2.67. The summed E-state index contributed by atoms with van der Waals surface area (Å²) in [6.45, 7) is 3.67. The van der Waals surface area contributed by atoms with E-state index in [4.69, 9.17) is 5.73 Å². The molecule has 24 heavy (non-hydrogen) atoms. The summed E-state index contributed by atoms with van der Waals surface area (Å²) in [5, 5.41) is 8.71. The Morgan fingerprint density at radius 2 is 1.83 bits per heavy atom. The minimum atomic E-state index is -0.229. The van der Waals surface area contributed by atoms with Gasteiger partial charge in [-0.3, -0.25) is 14.4 Å². The summed E-state index contributed by atoms with van der Waals surface area (Å²) >= 11 is 0. The van der Waals surface area contributed by atoms with Gasteiger partial charge in [0.05, 0.1) is 22.8 Å². The molecular weight excluding hydrogens is 304 g/mol. The minimum absolute atomic E-state index is 0.229. The first-order valence-electron chi connectivity index (χ1n) is 7.59. The van der Waals surface area contributed by atoms with Gasteiger partial charge in [0.15, 0.2) is 0 Å². The number of amides is 1. The van der Waals surface area contributed by atoms with Crippen molar-refractivity contribution in [3.8, 4) is 5.69 Å². The molecule has 0 saturated heterocycles. The highest BCUT2D eigenvalue weighted by Crippen LogP contribution is 2.24. The lowest BCUT2D eigenvalue weighted by molar-refractivity contribution is 0.0983. The van der Waals surface area contributed by atoms with Crippen molar-refractivity contribution in [3.05, 3.63) is 53.5 Å². The van der Waals surface area contributed by atoms with E-state index in [1.54, 1.807) is 30.6 Å². The van der Waals surface area contributed by atoms with E-state index in [0.717, 1.165) is 11.4 Å². The first kappa shape index (κ1) is 15.8. The molecule has 3 rings (SSSR count). The summed E-state index contributed by atoms with van der Waals surface area (Å²) < 4.78 is 3.26. The van der Waals surface area contributed by atoms with Gasteiger partial charge in [0.2, 0.25) is 0 Å². The van der Waals surface area contributed by atoms with E-state index in [1.807, 2.05) is 43.3 Å². The van der Waals surface area contributed by atoms with Crippen molar-refractivity contribution in [3.63, 3.8) is 0 Å². The van der Waals surface area contributed by atoms with E-state index in [0.29, 0.717) is 22.9 Å². The molecule has 0 aliphatic carbocycles. The molecule has 7 heteroatoms. The molecule has 0 aliphatic rings. The Morgan fingerprint density at radius 1 is 1.17 bits per heavy atom. The van der Waals surface area contributed by atoms with Gasteiger partial charge in [-0.1, -0.05) is 18.2 Å². The van der Waals surface area contributed by atoms with Gasteiger partial charge in [-0.2, -0.15) is 10.2 Å². The zero-order valence-electron chi connectivity index (χ0n) is 14.2. The van der Waals surface area contributed by atoms with Gasteiger partial charge in [-0.05, 0) is 26.0 Å². The number of rotatable bonds is 3. The van der Waals surface area contributed by atoms with Gasteiger partial charge in [0, 0.05) is 20.2 Å². The first-order chi connectivity index (χ1) is 11.4. The van der Waals surface area contributed by atoms with Crippen molar-refractivity contribution < 1.29 is 4.79 Å². The van der Waals surface area contributed by atoms with Gasteiger partial charge in [-0.15, -0.1) is 0 Å².